The van der Waals surface area contributed by atoms with E-state index in [4.69, 9.17) is 4.74 Å². The molecule has 190 valence electrons. The van der Waals surface area contributed by atoms with Gasteiger partial charge in [0, 0.05) is 23.5 Å². The molecule has 0 spiro atoms. The van der Waals surface area contributed by atoms with Gasteiger partial charge in [-0.1, -0.05) is 43.3 Å². The summed E-state index contributed by atoms with van der Waals surface area (Å²) in [6, 6.07) is 14.3. The minimum atomic E-state index is -1.04. The first kappa shape index (κ1) is 30.6. The normalized spacial score (nSPS) is 11.5. The molecular weight excluding hydrogens is 495 g/mol. The monoisotopic (exact) mass is 528 g/mol. The van der Waals surface area contributed by atoms with E-state index in [0.29, 0.717) is 24.3 Å². The predicted molar refractivity (Wildman–Crippen MR) is 149 cm³/mol. The number of carboxylic acids is 1. The van der Waals surface area contributed by atoms with E-state index >= 15 is 0 Å². The largest absolute Gasteiger partial charge is 1.00 e. The zero-order valence-corrected chi connectivity index (χ0v) is 24.7. The third-order valence-corrected chi connectivity index (χ3v) is 6.31. The van der Waals surface area contributed by atoms with E-state index in [0.717, 1.165) is 40.0 Å². The number of rotatable bonds is 12. The Morgan fingerprint density at radius 2 is 1.95 bits per heavy atom. The van der Waals surface area contributed by atoms with Crippen molar-refractivity contribution in [2.45, 2.75) is 32.7 Å². The summed E-state index contributed by atoms with van der Waals surface area (Å²) in [5.41, 5.74) is 4.88. The van der Waals surface area contributed by atoms with Gasteiger partial charge in [-0.05, 0) is 78.3 Å². The topological polar surface area (TPSA) is 88.5 Å². The molecule has 0 aliphatic heterocycles. The average molecular weight is 529 g/mol. The van der Waals surface area contributed by atoms with Gasteiger partial charge in [-0.25, -0.2) is 4.79 Å². The number of benzene rings is 2. The van der Waals surface area contributed by atoms with Crippen molar-refractivity contribution < 1.29 is 50.4 Å². The molecule has 0 radical (unpaired) electrons. The third kappa shape index (κ3) is 8.75. The molecule has 37 heavy (non-hydrogen) atoms. The van der Waals surface area contributed by atoms with E-state index in [1.165, 1.54) is 0 Å². The van der Waals surface area contributed by atoms with Gasteiger partial charge in [-0.3, -0.25) is 9.78 Å². The van der Waals surface area contributed by atoms with E-state index in [9.17, 15) is 14.7 Å². The maximum atomic E-state index is 13.2. The van der Waals surface area contributed by atoms with Crippen molar-refractivity contribution in [3.63, 3.8) is 0 Å². The Morgan fingerprint density at radius 1 is 1.16 bits per heavy atom. The van der Waals surface area contributed by atoms with Crippen LogP contribution in [0.4, 0.5) is 0 Å². The maximum Gasteiger partial charge on any atom is 1.00 e. The van der Waals surface area contributed by atoms with Gasteiger partial charge in [0.15, 0.2) is 0 Å². The van der Waals surface area contributed by atoms with Crippen molar-refractivity contribution in [3.05, 3.63) is 83.2 Å². The van der Waals surface area contributed by atoms with Gasteiger partial charge in [0.25, 0.3) is 5.91 Å². The second kappa shape index (κ2) is 15.6. The molecule has 2 N–H and O–H groups in total. The molecule has 1 unspecified atom stereocenters. The summed E-state index contributed by atoms with van der Waals surface area (Å²) in [5, 5.41) is 12.3. The van der Waals surface area contributed by atoms with E-state index < -0.39 is 17.9 Å². The number of nitrogens with one attached hydrogen (secondary N) is 1. The van der Waals surface area contributed by atoms with Crippen LogP contribution < -0.4 is 39.6 Å². The van der Waals surface area contributed by atoms with Crippen molar-refractivity contribution in [1.82, 2.24) is 10.3 Å². The Labute approximate surface area is 246 Å². The number of carboxylic acid groups (broad SMARTS) is 1. The zero-order chi connectivity index (χ0) is 25.9. The van der Waals surface area contributed by atoms with E-state index in [1.807, 2.05) is 67.8 Å². The minimum absolute atomic E-state index is 0. The van der Waals surface area contributed by atoms with Crippen LogP contribution in [0.15, 0.2) is 60.9 Å². The summed E-state index contributed by atoms with van der Waals surface area (Å²) in [4.78, 5) is 29.1. The van der Waals surface area contributed by atoms with Gasteiger partial charge in [-0.2, -0.15) is 11.8 Å². The first-order valence-electron chi connectivity index (χ1n) is 11.9. The molecule has 6 nitrogen and oxygen atoms in total. The smallest absolute Gasteiger partial charge is 1.00 e. The molecule has 0 aliphatic rings. The number of pyridine rings is 1. The Kier molecular flexibility index (Phi) is 12.9. The molecule has 8 heteroatoms. The van der Waals surface area contributed by atoms with Crippen LogP contribution in [0.1, 0.15) is 48.2 Å². The number of carbonyl (C=O) groups excluding carboxylic acids is 1. The molecule has 1 heterocycles. The number of hydrogen-bond donors (Lipinski definition) is 2. The van der Waals surface area contributed by atoms with Gasteiger partial charge >= 0.3 is 35.5 Å². The SMILES string of the molecule is CCCOc1ccncc1C=Cc1ccc(C(=O)NC(CCSC)C(=O)O)c(-c2ccccc2C)c1.[H-].[Na+]. The van der Waals surface area contributed by atoms with Crippen LogP contribution in [-0.4, -0.2) is 46.6 Å². The molecule has 0 saturated carbocycles. The molecule has 0 saturated heterocycles. The summed E-state index contributed by atoms with van der Waals surface area (Å²) in [7, 11) is 0. The quantitative estimate of drug-likeness (QED) is 0.352. The molecule has 0 bridgehead atoms. The van der Waals surface area contributed by atoms with Crippen LogP contribution >= 0.6 is 11.8 Å². The summed E-state index contributed by atoms with van der Waals surface area (Å²) >= 11 is 1.55. The van der Waals surface area contributed by atoms with Gasteiger partial charge in [0.2, 0.25) is 0 Å². The molecule has 0 fully saturated rings. The van der Waals surface area contributed by atoms with Gasteiger partial charge in [0.1, 0.15) is 11.8 Å². The van der Waals surface area contributed by atoms with E-state index in [-0.39, 0.29) is 31.0 Å². The molecule has 2 aromatic carbocycles. The molecule has 0 aliphatic carbocycles. The van der Waals surface area contributed by atoms with Crippen molar-refractivity contribution in [2.24, 2.45) is 0 Å². The second-order valence-electron chi connectivity index (χ2n) is 8.36. The predicted octanol–water partition coefficient (Wildman–Crippen LogP) is 3.07. The van der Waals surface area contributed by atoms with Crippen molar-refractivity contribution in [1.29, 1.82) is 0 Å². The van der Waals surface area contributed by atoms with Crippen molar-refractivity contribution >= 4 is 35.8 Å². The average Bonchev–Trinajstić information content (AvgIpc) is 2.89. The van der Waals surface area contributed by atoms with Crippen LogP contribution in [0, 0.1) is 6.92 Å². The Hall–Kier alpha value is -2.58. The van der Waals surface area contributed by atoms with Crippen LogP contribution in [-0.2, 0) is 4.79 Å². The molecule has 1 aromatic heterocycles. The minimum Gasteiger partial charge on any atom is -1.00 e. The number of thioether (sulfide) groups is 1. The van der Waals surface area contributed by atoms with Crippen LogP contribution in [0.25, 0.3) is 23.3 Å². The fourth-order valence-electron chi connectivity index (χ4n) is 3.74. The summed E-state index contributed by atoms with van der Waals surface area (Å²) in [6.45, 7) is 4.67. The Bertz CT molecular complexity index is 1240. The van der Waals surface area contributed by atoms with Crippen molar-refractivity contribution in [3.8, 4) is 16.9 Å². The fourth-order valence-corrected chi connectivity index (χ4v) is 4.21. The zero-order valence-electron chi connectivity index (χ0n) is 22.9. The number of amides is 1. The fraction of sp³-hybridized carbons (Fsp3) is 0.276. The number of aryl methyl sites for hydroxylation is 1. The molecule has 1 atom stereocenters. The summed E-state index contributed by atoms with van der Waals surface area (Å²) < 4.78 is 5.82. The molecular formula is C29H33N2NaO4S. The molecule has 3 aromatic rings. The number of ether oxygens (including phenoxy) is 1. The van der Waals surface area contributed by atoms with Crippen LogP contribution in [0.2, 0.25) is 0 Å². The number of nitrogens with zero attached hydrogens (tertiary/aromatic N) is 1. The Morgan fingerprint density at radius 3 is 2.65 bits per heavy atom. The van der Waals surface area contributed by atoms with Crippen LogP contribution in [0.5, 0.6) is 5.75 Å². The maximum absolute atomic E-state index is 13.2. The first-order chi connectivity index (χ1) is 17.4. The van der Waals surface area contributed by atoms with Gasteiger partial charge in [-0.15, -0.1) is 0 Å². The second-order valence-corrected chi connectivity index (χ2v) is 9.35. The van der Waals surface area contributed by atoms with E-state index in [2.05, 4.69) is 17.2 Å². The summed E-state index contributed by atoms with van der Waals surface area (Å²) in [5.74, 6) is -0.0286. The van der Waals surface area contributed by atoms with Gasteiger partial charge in [0.05, 0.1) is 6.61 Å². The van der Waals surface area contributed by atoms with Gasteiger partial charge < -0.3 is 16.6 Å². The number of aromatic nitrogens is 1. The molecule has 1 amide bonds. The standard InChI is InChI=1S/C29H32N2O4S.Na.H/c1-4-16-35-27-13-15-30-19-22(27)11-9-21-10-12-24(25(18-21)23-8-6-5-7-20(23)2)28(32)31-26(29(33)34)14-17-36-3;;/h5-13,15,18-19,26H,4,14,16-17H2,1-3H3,(H,31,32)(H,33,34);;/q;+1;-1. The van der Waals surface area contributed by atoms with Crippen LogP contribution in [0.3, 0.4) is 0 Å². The van der Waals surface area contributed by atoms with Crippen molar-refractivity contribution in [2.75, 3.05) is 18.6 Å². The number of carbonyl (C=O) groups is 2. The van der Waals surface area contributed by atoms with E-state index in [1.54, 1.807) is 30.2 Å². The third-order valence-electron chi connectivity index (χ3n) is 5.66. The Balaban J connectivity index is 0.00000361. The summed E-state index contributed by atoms with van der Waals surface area (Å²) in [6.07, 6.45) is 10.5. The number of hydrogen-bond acceptors (Lipinski definition) is 5. The number of aliphatic carboxylic acids is 1. The first-order valence-corrected chi connectivity index (χ1v) is 13.3. The molecule has 3 rings (SSSR count).